The molecule has 1 saturated carbocycles. The van der Waals surface area contributed by atoms with Crippen LogP contribution in [0.15, 0.2) is 18.2 Å². The van der Waals surface area contributed by atoms with Crippen molar-refractivity contribution in [1.29, 1.82) is 0 Å². The number of nitrogens with one attached hydrogen (secondary N) is 2. The van der Waals surface area contributed by atoms with Crippen LogP contribution in [0.5, 0.6) is 5.75 Å². The van der Waals surface area contributed by atoms with E-state index in [9.17, 15) is 13.6 Å². The molecule has 0 atom stereocenters. The molecular weight excluding hydrogens is 290 g/mol. The van der Waals surface area contributed by atoms with Crippen LogP contribution in [0.25, 0.3) is 0 Å². The molecule has 1 aliphatic carbocycles. The zero-order chi connectivity index (χ0) is 14.5. The lowest BCUT2D eigenvalue weighted by atomic mass is 10.2. The monoisotopic (exact) mass is 304 g/mol. The Morgan fingerprint density at radius 3 is 2.85 bits per heavy atom. The van der Waals surface area contributed by atoms with Crippen LogP contribution in [0.3, 0.4) is 0 Å². The fourth-order valence-corrected chi connectivity index (χ4v) is 1.91. The minimum Gasteiger partial charge on any atom is -0.434 e. The van der Waals surface area contributed by atoms with E-state index in [2.05, 4.69) is 15.4 Å². The number of rotatable bonds is 7. The van der Waals surface area contributed by atoms with Gasteiger partial charge in [0.05, 0.1) is 6.54 Å². The number of benzene rings is 1. The fourth-order valence-electron chi connectivity index (χ4n) is 1.71. The van der Waals surface area contributed by atoms with Gasteiger partial charge in [0.15, 0.2) is 0 Å². The van der Waals surface area contributed by atoms with Crippen molar-refractivity contribution in [3.8, 4) is 5.75 Å². The highest BCUT2D eigenvalue weighted by molar-refractivity contribution is 6.30. The lowest BCUT2D eigenvalue weighted by Crippen LogP contribution is -2.34. The Labute approximate surface area is 120 Å². The van der Waals surface area contributed by atoms with Crippen LogP contribution in [-0.2, 0) is 11.3 Å². The van der Waals surface area contributed by atoms with Gasteiger partial charge in [0.25, 0.3) is 0 Å². The van der Waals surface area contributed by atoms with Gasteiger partial charge in [-0.05, 0) is 31.0 Å². The molecule has 0 spiro atoms. The minimum atomic E-state index is -2.90. The van der Waals surface area contributed by atoms with Crippen molar-refractivity contribution in [3.05, 3.63) is 28.8 Å². The van der Waals surface area contributed by atoms with Gasteiger partial charge in [-0.2, -0.15) is 8.78 Å². The van der Waals surface area contributed by atoms with Gasteiger partial charge in [0.2, 0.25) is 5.91 Å². The van der Waals surface area contributed by atoms with Crippen LogP contribution in [-0.4, -0.2) is 25.1 Å². The van der Waals surface area contributed by atoms with Gasteiger partial charge in [0.1, 0.15) is 5.75 Å². The van der Waals surface area contributed by atoms with E-state index < -0.39 is 6.61 Å². The van der Waals surface area contributed by atoms with E-state index in [1.54, 1.807) is 0 Å². The predicted octanol–water partition coefficient (Wildman–Crippen LogP) is 2.31. The average Bonchev–Trinajstić information content (AvgIpc) is 3.16. The van der Waals surface area contributed by atoms with Gasteiger partial charge in [-0.3, -0.25) is 4.79 Å². The number of ether oxygens (including phenoxy) is 1. The van der Waals surface area contributed by atoms with Crippen molar-refractivity contribution >= 4 is 17.5 Å². The highest BCUT2D eigenvalue weighted by Crippen LogP contribution is 2.24. The van der Waals surface area contributed by atoms with E-state index in [1.165, 1.54) is 18.2 Å². The molecule has 2 N–H and O–H groups in total. The molecule has 0 radical (unpaired) electrons. The van der Waals surface area contributed by atoms with Gasteiger partial charge in [-0.1, -0.05) is 11.6 Å². The van der Waals surface area contributed by atoms with E-state index in [0.29, 0.717) is 16.6 Å². The van der Waals surface area contributed by atoms with E-state index in [1.807, 2.05) is 0 Å². The van der Waals surface area contributed by atoms with Crippen LogP contribution in [0.1, 0.15) is 18.4 Å². The second-order valence-corrected chi connectivity index (χ2v) is 5.01. The van der Waals surface area contributed by atoms with Gasteiger partial charge in [-0.15, -0.1) is 0 Å². The van der Waals surface area contributed by atoms with E-state index in [-0.39, 0.29) is 24.7 Å². The molecule has 0 bridgehead atoms. The number of amides is 1. The third kappa shape index (κ3) is 4.94. The van der Waals surface area contributed by atoms with Crippen LogP contribution in [0.2, 0.25) is 5.02 Å². The maximum Gasteiger partial charge on any atom is 0.387 e. The van der Waals surface area contributed by atoms with Crippen molar-refractivity contribution in [1.82, 2.24) is 10.6 Å². The molecule has 1 aromatic rings. The maximum absolute atomic E-state index is 12.3. The standard InChI is InChI=1S/C13H15ClF2N2O2/c14-9-1-4-11(20-13(15)16)8(5-9)6-17-7-12(19)18-10-2-3-10/h1,4-5,10,13,17H,2-3,6-7H2,(H,18,19). The molecule has 1 aromatic carbocycles. The first-order chi connectivity index (χ1) is 9.54. The van der Waals surface area contributed by atoms with Crippen molar-refractivity contribution in [2.45, 2.75) is 32.0 Å². The topological polar surface area (TPSA) is 50.4 Å². The number of halogens is 3. The smallest absolute Gasteiger partial charge is 0.387 e. The molecular formula is C13H15ClF2N2O2. The summed E-state index contributed by atoms with van der Waals surface area (Å²) in [6.07, 6.45) is 2.04. The Bertz CT molecular complexity index is 481. The molecule has 0 saturated heterocycles. The van der Waals surface area contributed by atoms with Gasteiger partial charge in [0, 0.05) is 23.2 Å². The Morgan fingerprint density at radius 2 is 2.20 bits per heavy atom. The third-order valence-electron chi connectivity index (χ3n) is 2.78. The van der Waals surface area contributed by atoms with Gasteiger partial charge in [-0.25, -0.2) is 0 Å². The Morgan fingerprint density at radius 1 is 1.45 bits per heavy atom. The lowest BCUT2D eigenvalue weighted by Gasteiger charge is -2.12. The summed E-state index contributed by atoms with van der Waals surface area (Å²) >= 11 is 5.82. The van der Waals surface area contributed by atoms with Gasteiger partial charge >= 0.3 is 6.61 Å². The van der Waals surface area contributed by atoms with E-state index in [4.69, 9.17) is 11.6 Å². The van der Waals surface area contributed by atoms with Crippen molar-refractivity contribution in [2.24, 2.45) is 0 Å². The van der Waals surface area contributed by atoms with Crippen molar-refractivity contribution in [3.63, 3.8) is 0 Å². The first kappa shape index (κ1) is 15.0. The molecule has 2 rings (SSSR count). The second kappa shape index (κ2) is 6.85. The first-order valence-corrected chi connectivity index (χ1v) is 6.65. The predicted molar refractivity (Wildman–Crippen MR) is 71.0 cm³/mol. The van der Waals surface area contributed by atoms with Crippen LogP contribution in [0.4, 0.5) is 8.78 Å². The molecule has 0 aromatic heterocycles. The van der Waals surface area contributed by atoms with Crippen LogP contribution < -0.4 is 15.4 Å². The third-order valence-corrected chi connectivity index (χ3v) is 3.02. The summed E-state index contributed by atoms with van der Waals surface area (Å²) in [6.45, 7) is -2.55. The normalized spacial score (nSPS) is 14.4. The molecule has 1 amide bonds. The summed E-state index contributed by atoms with van der Waals surface area (Å²) < 4.78 is 28.9. The van der Waals surface area contributed by atoms with Crippen molar-refractivity contribution in [2.75, 3.05) is 6.54 Å². The first-order valence-electron chi connectivity index (χ1n) is 6.28. The largest absolute Gasteiger partial charge is 0.434 e. The molecule has 0 heterocycles. The number of carbonyl (C=O) groups excluding carboxylic acids is 1. The number of hydrogen-bond donors (Lipinski definition) is 2. The summed E-state index contributed by atoms with van der Waals surface area (Å²) in [5.74, 6) is -0.0506. The summed E-state index contributed by atoms with van der Waals surface area (Å²) in [5, 5.41) is 6.12. The number of hydrogen-bond acceptors (Lipinski definition) is 3. The summed E-state index contributed by atoms with van der Waals surface area (Å²) in [7, 11) is 0. The maximum atomic E-state index is 12.3. The number of alkyl halides is 2. The molecule has 1 fully saturated rings. The average molecular weight is 305 g/mol. The molecule has 0 aliphatic heterocycles. The Hall–Kier alpha value is -1.40. The zero-order valence-corrected chi connectivity index (χ0v) is 11.4. The highest BCUT2D eigenvalue weighted by atomic mass is 35.5. The molecule has 1 aliphatic rings. The zero-order valence-electron chi connectivity index (χ0n) is 10.7. The Balaban J connectivity index is 1.86. The van der Waals surface area contributed by atoms with E-state index in [0.717, 1.165) is 12.8 Å². The Kier molecular flexibility index (Phi) is 5.14. The van der Waals surface area contributed by atoms with E-state index >= 15 is 0 Å². The molecule has 4 nitrogen and oxygen atoms in total. The van der Waals surface area contributed by atoms with Crippen LogP contribution in [0, 0.1) is 0 Å². The highest BCUT2D eigenvalue weighted by Gasteiger charge is 2.22. The summed E-state index contributed by atoms with van der Waals surface area (Å²) in [4.78, 5) is 11.5. The van der Waals surface area contributed by atoms with Crippen molar-refractivity contribution < 1.29 is 18.3 Å². The van der Waals surface area contributed by atoms with Gasteiger partial charge < -0.3 is 15.4 Å². The second-order valence-electron chi connectivity index (χ2n) is 4.58. The summed E-state index contributed by atoms with van der Waals surface area (Å²) in [6, 6.07) is 4.69. The fraction of sp³-hybridized carbons (Fsp3) is 0.462. The summed E-state index contributed by atoms with van der Waals surface area (Å²) in [5.41, 5.74) is 0.483. The lowest BCUT2D eigenvalue weighted by molar-refractivity contribution is -0.120. The molecule has 20 heavy (non-hydrogen) atoms. The van der Waals surface area contributed by atoms with Crippen LogP contribution >= 0.6 is 11.6 Å². The minimum absolute atomic E-state index is 0.0551. The molecule has 110 valence electrons. The number of carbonyl (C=O) groups is 1. The quantitative estimate of drug-likeness (QED) is 0.813. The molecule has 0 unspecified atom stereocenters. The SMILES string of the molecule is O=C(CNCc1cc(Cl)ccc1OC(F)F)NC1CC1. The molecule has 7 heteroatoms.